The number of ether oxygens (including phenoxy) is 4. The zero-order valence-electron chi connectivity index (χ0n) is 47.0. The van der Waals surface area contributed by atoms with Crippen LogP contribution in [0.2, 0.25) is 0 Å². The summed E-state index contributed by atoms with van der Waals surface area (Å²) in [5, 5.41) is 0. The fraction of sp³-hybridized carbons (Fsp3) is 0.571. The van der Waals surface area contributed by atoms with Crippen LogP contribution in [-0.2, 0) is 31.4 Å². The molecule has 2 fully saturated rings. The summed E-state index contributed by atoms with van der Waals surface area (Å²) in [4.78, 5) is 76.0. The molecule has 0 N–H and O–H groups in total. The van der Waals surface area contributed by atoms with Crippen molar-refractivity contribution in [1.82, 2.24) is 39.5 Å². The highest BCUT2D eigenvalue weighted by Crippen LogP contribution is 2.40. The number of rotatable bonds is 12. The average molecular weight is 1100 g/mol. The second kappa shape index (κ2) is 24.5. The maximum Gasteiger partial charge on any atom is 0.421 e. The number of carbonyl (C=O) groups excluding carboxylic acids is 4. The number of piperidine rings is 2. The van der Waals surface area contributed by atoms with Gasteiger partial charge in [0.05, 0.1) is 10.8 Å². The van der Waals surface area contributed by atoms with Gasteiger partial charge in [0.25, 0.3) is 0 Å². The number of aromatic nitrogens is 4. The number of likely N-dealkylation sites (N-methyl/N-ethyl adjacent to an activating group) is 2. The minimum atomic E-state index is -4.63. The van der Waals surface area contributed by atoms with E-state index in [1.807, 2.05) is 38.1 Å². The van der Waals surface area contributed by atoms with Crippen molar-refractivity contribution in [1.29, 1.82) is 0 Å². The number of halogens is 6. The van der Waals surface area contributed by atoms with Gasteiger partial charge in [0.2, 0.25) is 23.6 Å². The number of amides is 4. The number of hydrogen-bond acceptors (Lipinski definition) is 12. The Morgan fingerprint density at radius 2 is 0.859 bits per heavy atom. The Morgan fingerprint density at radius 3 is 1.17 bits per heavy atom. The van der Waals surface area contributed by atoms with E-state index in [4.69, 9.17) is 18.9 Å². The molecule has 428 valence electrons. The highest BCUT2D eigenvalue weighted by atomic mass is 19.4. The van der Waals surface area contributed by atoms with E-state index in [-0.39, 0.29) is 48.9 Å². The monoisotopic (exact) mass is 1100 g/mol. The highest BCUT2D eigenvalue weighted by molar-refractivity contribution is 5.83. The molecule has 2 saturated heterocycles. The van der Waals surface area contributed by atoms with Gasteiger partial charge in [-0.15, -0.1) is 0 Å². The van der Waals surface area contributed by atoms with Crippen LogP contribution in [0.5, 0.6) is 11.8 Å². The molecule has 0 aliphatic carbocycles. The van der Waals surface area contributed by atoms with Crippen LogP contribution in [-0.4, -0.2) is 140 Å². The van der Waals surface area contributed by atoms with Gasteiger partial charge in [0.1, 0.15) is 35.5 Å². The second-order valence-electron chi connectivity index (χ2n) is 23.0. The van der Waals surface area contributed by atoms with E-state index in [2.05, 4.69) is 19.9 Å². The molecule has 2 aliphatic rings. The standard InChI is InChI=1S/2C28H37F3N4O4/c2*1-18-19(10-8-13-32-18)20-16-35(25(37)39-26(2,3)4)15-12-22(20)34(7)24(36)27(5,6)17-38-23-21(28(29,30)31)11-9-14-33-23/h2*8-11,13-14,20,22H,12,15-17H2,1-7H3/t2*20-,22+/m10/s1. The molecule has 4 aromatic heterocycles. The zero-order valence-corrected chi connectivity index (χ0v) is 47.0. The van der Waals surface area contributed by atoms with E-state index in [0.717, 1.165) is 34.6 Å². The first-order valence-corrected chi connectivity index (χ1v) is 25.7. The van der Waals surface area contributed by atoms with E-state index in [1.165, 1.54) is 24.5 Å². The second-order valence-corrected chi connectivity index (χ2v) is 23.0. The lowest BCUT2D eigenvalue weighted by molar-refractivity contribution is -0.146. The fourth-order valence-corrected chi connectivity index (χ4v) is 9.50. The van der Waals surface area contributed by atoms with Gasteiger partial charge in [0, 0.05) is 100 Å². The summed E-state index contributed by atoms with van der Waals surface area (Å²) in [6.45, 7) is 21.9. The normalized spacial score (nSPS) is 18.5. The van der Waals surface area contributed by atoms with Crippen LogP contribution in [0.4, 0.5) is 35.9 Å². The van der Waals surface area contributed by atoms with Gasteiger partial charge in [-0.2, -0.15) is 26.3 Å². The molecule has 6 heterocycles. The first kappa shape index (κ1) is 62.1. The number of likely N-dealkylation sites (tertiary alicyclic amines) is 2. The summed E-state index contributed by atoms with van der Waals surface area (Å²) < 4.78 is 102. The molecule has 4 aromatic rings. The number of alkyl halides is 6. The van der Waals surface area contributed by atoms with Gasteiger partial charge >= 0.3 is 24.5 Å². The molecular formula is C56H74F6N8O8. The van der Waals surface area contributed by atoms with Gasteiger partial charge in [-0.25, -0.2) is 19.6 Å². The molecular weight excluding hydrogens is 1030 g/mol. The van der Waals surface area contributed by atoms with Crippen LogP contribution in [0.3, 0.4) is 0 Å². The molecule has 16 nitrogen and oxygen atoms in total. The van der Waals surface area contributed by atoms with Crippen molar-refractivity contribution < 1.29 is 64.5 Å². The predicted molar refractivity (Wildman–Crippen MR) is 278 cm³/mol. The van der Waals surface area contributed by atoms with E-state index in [1.54, 1.807) is 115 Å². The third-order valence-electron chi connectivity index (χ3n) is 13.4. The minimum Gasteiger partial charge on any atom is -0.476 e. The average Bonchev–Trinajstić information content (AvgIpc) is 3.35. The largest absolute Gasteiger partial charge is 0.476 e. The Balaban J connectivity index is 0.000000287. The van der Waals surface area contributed by atoms with Gasteiger partial charge in [-0.3, -0.25) is 19.6 Å². The van der Waals surface area contributed by atoms with Crippen molar-refractivity contribution in [2.75, 3.05) is 53.5 Å². The Bertz CT molecular complexity index is 2540. The highest BCUT2D eigenvalue weighted by Gasteiger charge is 2.45. The van der Waals surface area contributed by atoms with Crippen LogP contribution in [0.1, 0.15) is 128 Å². The minimum absolute atomic E-state index is 0.252. The first-order chi connectivity index (χ1) is 36.0. The summed E-state index contributed by atoms with van der Waals surface area (Å²) >= 11 is 0. The van der Waals surface area contributed by atoms with E-state index < -0.39 is 69.5 Å². The van der Waals surface area contributed by atoms with Gasteiger partial charge in [-0.05, 0) is 143 Å². The summed E-state index contributed by atoms with van der Waals surface area (Å²) in [5.74, 6) is -2.23. The molecule has 0 radical (unpaired) electrons. The van der Waals surface area contributed by atoms with Crippen LogP contribution in [0.25, 0.3) is 0 Å². The van der Waals surface area contributed by atoms with Crippen molar-refractivity contribution in [3.8, 4) is 11.8 Å². The summed E-state index contributed by atoms with van der Waals surface area (Å²) in [6.07, 6.45) is -3.36. The van der Waals surface area contributed by atoms with Crippen LogP contribution >= 0.6 is 0 Å². The van der Waals surface area contributed by atoms with Crippen LogP contribution < -0.4 is 9.47 Å². The van der Waals surface area contributed by atoms with Crippen LogP contribution in [0, 0.1) is 24.7 Å². The first-order valence-electron chi connectivity index (χ1n) is 25.7. The molecule has 4 amide bonds. The van der Waals surface area contributed by atoms with E-state index in [9.17, 15) is 45.5 Å². The lowest BCUT2D eigenvalue weighted by Gasteiger charge is -2.44. The molecule has 0 unspecified atom stereocenters. The SMILES string of the molecule is Cc1ncccc1[C@@H]1CN(C(=O)OC(C)(C)C)CC[C@H]1N(C)C(=O)C(C)(C)COc1ncccc1C(F)(F)F.Cc1ncccc1[C@H]1CN(C(=O)OC(C)(C)C)CC[C@@H]1N(C)C(=O)C(C)(C)COc1ncccc1C(F)(F)F. The smallest absolute Gasteiger partial charge is 0.421 e. The number of pyridine rings is 4. The third-order valence-corrected chi connectivity index (χ3v) is 13.4. The van der Waals surface area contributed by atoms with Crippen molar-refractivity contribution in [3.63, 3.8) is 0 Å². The van der Waals surface area contributed by atoms with Gasteiger partial charge in [0.15, 0.2) is 0 Å². The van der Waals surface area contributed by atoms with Crippen molar-refractivity contribution in [2.24, 2.45) is 10.8 Å². The van der Waals surface area contributed by atoms with E-state index in [0.29, 0.717) is 39.0 Å². The van der Waals surface area contributed by atoms with Gasteiger partial charge in [-0.1, -0.05) is 12.1 Å². The molecule has 0 saturated carbocycles. The van der Waals surface area contributed by atoms with Crippen molar-refractivity contribution in [2.45, 2.75) is 143 Å². The Kier molecular flexibility index (Phi) is 19.5. The Hall–Kier alpha value is -6.74. The fourth-order valence-electron chi connectivity index (χ4n) is 9.50. The van der Waals surface area contributed by atoms with Crippen molar-refractivity contribution >= 4 is 24.0 Å². The van der Waals surface area contributed by atoms with E-state index >= 15 is 0 Å². The zero-order chi connectivity index (χ0) is 58.3. The molecule has 0 spiro atoms. The number of carbonyl (C=O) groups is 4. The molecule has 0 aromatic carbocycles. The number of nitrogens with zero attached hydrogens (tertiary/aromatic N) is 8. The summed E-state index contributed by atoms with van der Waals surface area (Å²) in [5.41, 5.74) is -2.22. The Labute approximate surface area is 453 Å². The molecule has 4 atom stereocenters. The lowest BCUT2D eigenvalue weighted by Crippen LogP contribution is -2.55. The number of hydrogen-bond donors (Lipinski definition) is 0. The van der Waals surface area contributed by atoms with Gasteiger partial charge < -0.3 is 38.5 Å². The molecule has 78 heavy (non-hydrogen) atoms. The molecule has 2 aliphatic heterocycles. The van der Waals surface area contributed by atoms with Crippen LogP contribution in [0.15, 0.2) is 73.3 Å². The number of aryl methyl sites for hydroxylation is 2. The topological polar surface area (TPSA) is 170 Å². The maximum atomic E-state index is 13.7. The predicted octanol–water partition coefficient (Wildman–Crippen LogP) is 10.9. The molecule has 22 heteroatoms. The Morgan fingerprint density at radius 1 is 0.538 bits per heavy atom. The lowest BCUT2D eigenvalue weighted by atomic mass is 9.83. The molecule has 6 rings (SSSR count). The summed E-state index contributed by atoms with van der Waals surface area (Å²) in [7, 11) is 3.36. The third kappa shape index (κ3) is 16.2. The maximum absolute atomic E-state index is 13.7. The van der Waals surface area contributed by atoms with Crippen molar-refractivity contribution in [3.05, 3.63) is 107 Å². The molecule has 0 bridgehead atoms. The summed E-state index contributed by atoms with van der Waals surface area (Å²) in [6, 6.07) is 11.1. The quantitative estimate of drug-likeness (QED) is 0.123.